The Labute approximate surface area is 160 Å². The van der Waals surface area contributed by atoms with Crippen molar-refractivity contribution in [2.45, 2.75) is 19.8 Å². The van der Waals surface area contributed by atoms with Crippen LogP contribution in [0.5, 0.6) is 0 Å². The van der Waals surface area contributed by atoms with Crippen molar-refractivity contribution in [2.75, 3.05) is 19.3 Å². The van der Waals surface area contributed by atoms with Crippen molar-refractivity contribution >= 4 is 29.4 Å². The highest BCUT2D eigenvalue weighted by Gasteiger charge is 2.38. The summed E-state index contributed by atoms with van der Waals surface area (Å²) in [5.74, 6) is -1.92. The molecule has 0 saturated heterocycles. The summed E-state index contributed by atoms with van der Waals surface area (Å²) in [4.78, 5) is 35.8. The summed E-state index contributed by atoms with van der Waals surface area (Å²) < 4.78 is 10.1. The maximum Gasteiger partial charge on any atom is 0.337 e. The van der Waals surface area contributed by atoms with Gasteiger partial charge in [0.05, 0.1) is 29.1 Å². The third-order valence-corrected chi connectivity index (χ3v) is 4.46. The van der Waals surface area contributed by atoms with Crippen LogP contribution < -0.4 is 5.32 Å². The van der Waals surface area contributed by atoms with Crippen LogP contribution in [-0.4, -0.2) is 36.2 Å². The Bertz CT molecular complexity index is 846. The number of dihydropyridines is 1. The van der Waals surface area contributed by atoms with Crippen LogP contribution in [0, 0.1) is 10.1 Å². The molecule has 144 valence electrons. The number of carbonyl (C=O) groups is 2. The van der Waals surface area contributed by atoms with E-state index >= 15 is 0 Å². The SMILES string of the molecule is COC(=O)C1=C(C)NC(C)=C(C(=O)OCSC)C1c1cccc([N+](=O)[O-])c1. The molecule has 0 aromatic heterocycles. The third kappa shape index (κ3) is 4.30. The molecule has 0 fully saturated rings. The van der Waals surface area contributed by atoms with Gasteiger partial charge in [0.1, 0.15) is 5.94 Å². The van der Waals surface area contributed by atoms with E-state index in [1.54, 1.807) is 26.2 Å². The average Bonchev–Trinajstić information content (AvgIpc) is 2.64. The van der Waals surface area contributed by atoms with Crippen LogP contribution in [0.3, 0.4) is 0 Å². The number of carbonyl (C=O) groups excluding carboxylic acids is 2. The minimum atomic E-state index is -0.840. The molecule has 0 bridgehead atoms. The second kappa shape index (κ2) is 8.72. The van der Waals surface area contributed by atoms with Crippen LogP contribution in [0.2, 0.25) is 0 Å². The Morgan fingerprint density at radius 2 is 1.85 bits per heavy atom. The quantitative estimate of drug-likeness (QED) is 0.341. The molecule has 1 unspecified atom stereocenters. The number of nitrogens with zero attached hydrogens (tertiary/aromatic N) is 1. The Morgan fingerprint density at radius 3 is 2.41 bits per heavy atom. The van der Waals surface area contributed by atoms with Gasteiger partial charge in [-0.05, 0) is 25.7 Å². The fourth-order valence-electron chi connectivity index (χ4n) is 2.99. The molecule has 1 aliphatic heterocycles. The van der Waals surface area contributed by atoms with E-state index in [0.29, 0.717) is 17.0 Å². The summed E-state index contributed by atoms with van der Waals surface area (Å²) in [7, 11) is 1.24. The topological polar surface area (TPSA) is 108 Å². The number of hydrogen-bond acceptors (Lipinski definition) is 8. The molecule has 1 heterocycles. The van der Waals surface area contributed by atoms with Gasteiger partial charge in [0, 0.05) is 23.5 Å². The van der Waals surface area contributed by atoms with Crippen LogP contribution in [0.25, 0.3) is 0 Å². The summed E-state index contributed by atoms with van der Waals surface area (Å²) in [6.07, 6.45) is 1.79. The standard InChI is InChI=1S/C18H20N2O6S/c1-10-14(17(21)25-3)16(12-6-5-7-13(8-12)20(23)24)15(11(2)19-10)18(22)26-9-27-4/h5-8,16,19H,9H2,1-4H3. The van der Waals surface area contributed by atoms with Crippen LogP contribution in [-0.2, 0) is 19.1 Å². The minimum Gasteiger partial charge on any atom is -0.466 e. The Kier molecular flexibility index (Phi) is 6.62. The monoisotopic (exact) mass is 392 g/mol. The molecule has 27 heavy (non-hydrogen) atoms. The van der Waals surface area contributed by atoms with E-state index in [1.807, 2.05) is 0 Å². The molecule has 1 aromatic rings. The van der Waals surface area contributed by atoms with E-state index in [-0.39, 0.29) is 22.8 Å². The molecular weight excluding hydrogens is 372 g/mol. The lowest BCUT2D eigenvalue weighted by molar-refractivity contribution is -0.384. The van der Waals surface area contributed by atoms with Crippen molar-refractivity contribution in [2.24, 2.45) is 0 Å². The number of nitro groups is 1. The molecule has 0 aliphatic carbocycles. The third-order valence-electron chi connectivity index (χ3n) is 4.11. The largest absolute Gasteiger partial charge is 0.466 e. The van der Waals surface area contributed by atoms with Crippen LogP contribution in [0.4, 0.5) is 5.69 Å². The highest BCUT2D eigenvalue weighted by molar-refractivity contribution is 7.98. The zero-order valence-electron chi connectivity index (χ0n) is 15.4. The van der Waals surface area contributed by atoms with Gasteiger partial charge in [0.15, 0.2) is 0 Å². The highest BCUT2D eigenvalue weighted by Crippen LogP contribution is 2.40. The Morgan fingerprint density at radius 1 is 1.22 bits per heavy atom. The zero-order valence-corrected chi connectivity index (χ0v) is 16.2. The first-order chi connectivity index (χ1) is 12.8. The first-order valence-electron chi connectivity index (χ1n) is 7.99. The number of allylic oxidation sites excluding steroid dienone is 2. The van der Waals surface area contributed by atoms with Crippen molar-refractivity contribution in [3.8, 4) is 0 Å². The molecular formula is C18H20N2O6S. The van der Waals surface area contributed by atoms with Gasteiger partial charge in [-0.2, -0.15) is 0 Å². The second-order valence-corrected chi connectivity index (χ2v) is 6.63. The average molecular weight is 392 g/mol. The second-order valence-electron chi connectivity index (χ2n) is 5.82. The number of ether oxygens (including phenoxy) is 2. The number of nitro benzene ring substituents is 1. The summed E-state index contributed by atoms with van der Waals surface area (Å²) >= 11 is 1.33. The first kappa shape index (κ1) is 20.5. The lowest BCUT2D eigenvalue weighted by Gasteiger charge is -2.30. The van der Waals surface area contributed by atoms with Crippen molar-refractivity contribution < 1.29 is 24.0 Å². The lowest BCUT2D eigenvalue weighted by atomic mass is 9.80. The molecule has 0 spiro atoms. The molecule has 0 saturated carbocycles. The number of methoxy groups -OCH3 is 1. The van der Waals surface area contributed by atoms with Gasteiger partial charge >= 0.3 is 11.9 Å². The number of thioether (sulfide) groups is 1. The minimum absolute atomic E-state index is 0.137. The zero-order chi connectivity index (χ0) is 20.1. The summed E-state index contributed by atoms with van der Waals surface area (Å²) in [6, 6.07) is 5.84. The van der Waals surface area contributed by atoms with E-state index in [2.05, 4.69) is 5.32 Å². The molecule has 1 aliphatic rings. The number of rotatable bonds is 6. The van der Waals surface area contributed by atoms with E-state index in [4.69, 9.17) is 9.47 Å². The fraction of sp³-hybridized carbons (Fsp3) is 0.333. The van der Waals surface area contributed by atoms with Gasteiger partial charge < -0.3 is 14.8 Å². The molecule has 1 aromatic carbocycles. The number of esters is 2. The summed E-state index contributed by atoms with van der Waals surface area (Å²) in [5, 5.41) is 14.2. The van der Waals surface area contributed by atoms with Crippen molar-refractivity contribution in [3.63, 3.8) is 0 Å². The Hall–Kier alpha value is -2.81. The van der Waals surface area contributed by atoms with E-state index in [1.165, 1.54) is 37.1 Å². The smallest absolute Gasteiger partial charge is 0.337 e. The predicted molar refractivity (Wildman–Crippen MR) is 101 cm³/mol. The number of hydrogen-bond donors (Lipinski definition) is 1. The highest BCUT2D eigenvalue weighted by atomic mass is 32.2. The molecule has 9 heteroatoms. The van der Waals surface area contributed by atoms with Crippen LogP contribution >= 0.6 is 11.8 Å². The van der Waals surface area contributed by atoms with Gasteiger partial charge in [-0.25, -0.2) is 9.59 Å². The maximum atomic E-state index is 12.7. The van der Waals surface area contributed by atoms with Crippen molar-refractivity contribution in [1.82, 2.24) is 5.32 Å². The van der Waals surface area contributed by atoms with Gasteiger partial charge in [0.25, 0.3) is 5.69 Å². The molecule has 0 amide bonds. The van der Waals surface area contributed by atoms with E-state index < -0.39 is 22.8 Å². The number of benzene rings is 1. The summed E-state index contributed by atoms with van der Waals surface area (Å²) in [6.45, 7) is 3.38. The normalized spacial score (nSPS) is 16.7. The molecule has 2 rings (SSSR count). The fourth-order valence-corrected chi connectivity index (χ4v) is 3.21. The lowest BCUT2D eigenvalue weighted by Crippen LogP contribution is -2.32. The molecule has 0 radical (unpaired) electrons. The van der Waals surface area contributed by atoms with Crippen molar-refractivity contribution in [3.05, 3.63) is 62.5 Å². The number of non-ortho nitro benzene ring substituents is 1. The summed E-state index contributed by atoms with van der Waals surface area (Å²) in [5.41, 5.74) is 1.75. The molecule has 1 N–H and O–H groups in total. The van der Waals surface area contributed by atoms with Gasteiger partial charge in [-0.15, -0.1) is 11.8 Å². The van der Waals surface area contributed by atoms with Crippen LogP contribution in [0.1, 0.15) is 25.3 Å². The van der Waals surface area contributed by atoms with Gasteiger partial charge in [-0.1, -0.05) is 12.1 Å². The van der Waals surface area contributed by atoms with E-state index in [0.717, 1.165) is 0 Å². The molecule has 8 nitrogen and oxygen atoms in total. The predicted octanol–water partition coefficient (Wildman–Crippen LogP) is 2.87. The van der Waals surface area contributed by atoms with Crippen molar-refractivity contribution in [1.29, 1.82) is 0 Å². The molecule has 1 atom stereocenters. The van der Waals surface area contributed by atoms with Gasteiger partial charge in [0.2, 0.25) is 0 Å². The first-order valence-corrected chi connectivity index (χ1v) is 9.38. The Balaban J connectivity index is 2.65. The van der Waals surface area contributed by atoms with E-state index in [9.17, 15) is 19.7 Å². The maximum absolute atomic E-state index is 12.7. The van der Waals surface area contributed by atoms with Crippen LogP contribution in [0.15, 0.2) is 46.8 Å². The van der Waals surface area contributed by atoms with Gasteiger partial charge in [-0.3, -0.25) is 10.1 Å². The number of nitrogens with one attached hydrogen (secondary N) is 1.